The average molecular weight is 454 g/mol. The lowest BCUT2D eigenvalue weighted by atomic mass is 9.86. The Kier molecular flexibility index (Phi) is 5.51. The third-order valence-corrected chi connectivity index (χ3v) is 7.86. The second-order valence-electron chi connectivity index (χ2n) is 8.04. The van der Waals surface area contributed by atoms with Crippen LogP contribution in [0.1, 0.15) is 33.3 Å². The quantitative estimate of drug-likeness (QED) is 0.652. The zero-order valence-electron chi connectivity index (χ0n) is 16.3. The highest BCUT2D eigenvalue weighted by atomic mass is 79.9. The molecule has 5 nitrogen and oxygen atoms in total. The Bertz CT molecular complexity index is 875. The molecule has 0 atom stereocenters. The van der Waals surface area contributed by atoms with Gasteiger partial charge in [0.2, 0.25) is 10.0 Å². The lowest BCUT2D eigenvalue weighted by molar-refractivity contribution is 0.00578. The summed E-state index contributed by atoms with van der Waals surface area (Å²) >= 11 is 3.36. The molecule has 0 amide bonds. The molecule has 2 fully saturated rings. The number of halogens is 1. The van der Waals surface area contributed by atoms with Crippen LogP contribution in [0.25, 0.3) is 0 Å². The molecule has 2 heterocycles. The minimum atomic E-state index is -3.56. The van der Waals surface area contributed by atoms with Crippen molar-refractivity contribution in [3.63, 3.8) is 0 Å². The number of rotatable bonds is 3. The summed E-state index contributed by atoms with van der Waals surface area (Å²) in [5.74, 6) is 1.88. The van der Waals surface area contributed by atoms with E-state index in [1.54, 1.807) is 17.1 Å². The molecule has 0 radical (unpaired) electrons. The van der Waals surface area contributed by atoms with Gasteiger partial charge in [0, 0.05) is 13.1 Å². The molecule has 2 aliphatic heterocycles. The molecule has 0 spiro atoms. The minimum Gasteiger partial charge on any atom is -0.400 e. The molecule has 2 aliphatic rings. The van der Waals surface area contributed by atoms with E-state index in [0.717, 1.165) is 16.7 Å². The van der Waals surface area contributed by atoms with Crippen molar-refractivity contribution in [2.24, 2.45) is 0 Å². The highest BCUT2D eigenvalue weighted by Gasteiger charge is 2.50. The van der Waals surface area contributed by atoms with Crippen LogP contribution >= 0.6 is 15.9 Å². The van der Waals surface area contributed by atoms with Crippen molar-refractivity contribution >= 4 is 33.1 Å². The zero-order valence-corrected chi connectivity index (χ0v) is 18.7. The highest BCUT2D eigenvalue weighted by molar-refractivity contribution is 9.11. The van der Waals surface area contributed by atoms with Gasteiger partial charge in [-0.3, -0.25) is 0 Å². The molecule has 0 unspecified atom stereocenters. The highest BCUT2D eigenvalue weighted by Crippen LogP contribution is 2.38. The Morgan fingerprint density at radius 3 is 2.07 bits per heavy atom. The fourth-order valence-electron chi connectivity index (χ4n) is 3.05. The monoisotopic (exact) mass is 453 g/mol. The predicted molar refractivity (Wildman–Crippen MR) is 111 cm³/mol. The Hall–Kier alpha value is -0.925. The maximum atomic E-state index is 13.0. The van der Waals surface area contributed by atoms with Gasteiger partial charge in [-0.1, -0.05) is 33.6 Å². The molecule has 0 saturated carbocycles. The van der Waals surface area contributed by atoms with Crippen LogP contribution in [-0.4, -0.2) is 44.1 Å². The first-order chi connectivity index (χ1) is 12.5. The number of sulfonamides is 1. The Morgan fingerprint density at radius 1 is 1.04 bits per heavy atom. The van der Waals surface area contributed by atoms with Gasteiger partial charge in [0.15, 0.2) is 0 Å². The number of hydrogen-bond donors (Lipinski definition) is 0. The summed E-state index contributed by atoms with van der Waals surface area (Å²) in [6, 6.07) is 6.92. The third-order valence-electron chi connectivity index (χ3n) is 5.51. The first-order valence-corrected chi connectivity index (χ1v) is 11.2. The molecule has 8 heteroatoms. The van der Waals surface area contributed by atoms with Crippen molar-refractivity contribution in [3.05, 3.63) is 51.9 Å². The summed E-state index contributed by atoms with van der Waals surface area (Å²) in [5.41, 5.74) is 1.96. The van der Waals surface area contributed by atoms with Crippen LogP contribution in [0.5, 0.6) is 0 Å². The van der Waals surface area contributed by atoms with Crippen molar-refractivity contribution < 1.29 is 17.7 Å². The van der Waals surface area contributed by atoms with E-state index in [1.807, 2.05) is 52.7 Å². The Morgan fingerprint density at radius 2 is 1.56 bits per heavy atom. The Labute approximate surface area is 170 Å². The summed E-state index contributed by atoms with van der Waals surface area (Å²) in [7, 11) is -4.07. The molecule has 0 aliphatic carbocycles. The normalized spacial score (nSPS) is 25.6. The van der Waals surface area contributed by atoms with Gasteiger partial charge in [-0.2, -0.15) is 4.31 Å². The topological polar surface area (TPSA) is 55.8 Å². The van der Waals surface area contributed by atoms with Gasteiger partial charge in [-0.05, 0) is 68.9 Å². The summed E-state index contributed by atoms with van der Waals surface area (Å²) < 4.78 is 39.5. The third kappa shape index (κ3) is 3.96. The van der Waals surface area contributed by atoms with Crippen LogP contribution in [-0.2, 0) is 19.3 Å². The van der Waals surface area contributed by atoms with Gasteiger partial charge < -0.3 is 9.31 Å². The van der Waals surface area contributed by atoms with Crippen LogP contribution in [0.15, 0.2) is 51.3 Å². The average Bonchev–Trinajstić information content (AvgIpc) is 3.06. The van der Waals surface area contributed by atoms with E-state index in [0.29, 0.717) is 11.4 Å². The van der Waals surface area contributed by atoms with Crippen molar-refractivity contribution in [2.75, 3.05) is 13.1 Å². The van der Waals surface area contributed by atoms with Crippen LogP contribution in [0.2, 0.25) is 0 Å². The van der Waals surface area contributed by atoms with E-state index in [4.69, 9.17) is 9.31 Å². The molecule has 1 aromatic carbocycles. The maximum Gasteiger partial charge on any atom is 0.487 e. The van der Waals surface area contributed by atoms with Gasteiger partial charge in [-0.15, -0.1) is 0 Å². The molecule has 27 heavy (non-hydrogen) atoms. The molecule has 1 aromatic rings. The molecule has 0 bridgehead atoms. The van der Waals surface area contributed by atoms with E-state index in [9.17, 15) is 8.42 Å². The van der Waals surface area contributed by atoms with Crippen molar-refractivity contribution in [3.8, 4) is 0 Å². The van der Waals surface area contributed by atoms with Crippen LogP contribution in [0.4, 0.5) is 0 Å². The smallest absolute Gasteiger partial charge is 0.400 e. The van der Waals surface area contributed by atoms with Gasteiger partial charge in [-0.25, -0.2) is 8.42 Å². The number of nitrogens with zero attached hydrogens (tertiary/aromatic N) is 1. The molecule has 0 N–H and O–H groups in total. The van der Waals surface area contributed by atoms with Crippen LogP contribution in [0, 0.1) is 6.92 Å². The molecular weight excluding hydrogens is 429 g/mol. The molecule has 3 rings (SSSR count). The molecule has 2 saturated heterocycles. The van der Waals surface area contributed by atoms with Gasteiger partial charge in [0.25, 0.3) is 0 Å². The van der Waals surface area contributed by atoms with E-state index < -0.39 is 28.3 Å². The fraction of sp³-hybridized carbons (Fsp3) is 0.474. The minimum absolute atomic E-state index is 0.289. The molecule has 0 aromatic heterocycles. The van der Waals surface area contributed by atoms with Gasteiger partial charge in [0.1, 0.15) is 0 Å². The van der Waals surface area contributed by atoms with Crippen LogP contribution in [0.3, 0.4) is 0 Å². The van der Waals surface area contributed by atoms with Crippen molar-refractivity contribution in [1.29, 1.82) is 0 Å². The zero-order chi connectivity index (χ0) is 20.0. The van der Waals surface area contributed by atoms with Gasteiger partial charge >= 0.3 is 7.12 Å². The maximum absolute atomic E-state index is 13.0. The van der Waals surface area contributed by atoms with Gasteiger partial charge in [0.05, 0.1) is 16.1 Å². The second kappa shape index (κ2) is 7.15. The molecule has 146 valence electrons. The van der Waals surface area contributed by atoms with E-state index in [1.165, 1.54) is 4.31 Å². The second-order valence-corrected chi connectivity index (χ2v) is 10.4. The fourth-order valence-corrected chi connectivity index (χ4v) is 4.89. The number of aryl methyl sites for hydroxylation is 1. The molecular formula is C19H25BBrNO4S. The largest absolute Gasteiger partial charge is 0.487 e. The lowest BCUT2D eigenvalue weighted by Crippen LogP contribution is -2.41. The number of benzene rings is 1. The van der Waals surface area contributed by atoms with Crippen molar-refractivity contribution in [2.45, 2.75) is 50.7 Å². The summed E-state index contributed by atoms with van der Waals surface area (Å²) in [6.07, 6.45) is 0. The summed E-state index contributed by atoms with van der Waals surface area (Å²) in [6.45, 7) is 10.5. The first-order valence-electron chi connectivity index (χ1n) is 8.89. The summed E-state index contributed by atoms with van der Waals surface area (Å²) in [4.78, 5) is 2.08. The number of hydrogen-bond acceptors (Lipinski definition) is 4. The lowest BCUT2D eigenvalue weighted by Gasteiger charge is -2.32. The first kappa shape index (κ1) is 20.8. The van der Waals surface area contributed by atoms with E-state index >= 15 is 0 Å². The predicted octanol–water partition coefficient (Wildman–Crippen LogP) is 3.84. The van der Waals surface area contributed by atoms with E-state index in [-0.39, 0.29) is 6.54 Å². The van der Waals surface area contributed by atoms with Crippen LogP contribution < -0.4 is 0 Å². The SMILES string of the molecule is Cc1ccc(S(=O)(=O)N2CC(=C/Br)/C(=C\B3OC(C)(C)C(C)(C)O3)C2)cc1. The Balaban J connectivity index is 1.85. The standard InChI is InChI=1S/C19H25BBrNO4S/c1-14-6-8-17(9-7-14)27(23,24)22-12-15(16(11-21)13-22)10-20-25-18(2,3)19(4,5)26-20/h6-11H,12-13H2,1-5H3/b15-10-,16-11-. The summed E-state index contributed by atoms with van der Waals surface area (Å²) in [5, 5.41) is 0. The van der Waals surface area contributed by atoms with Crippen molar-refractivity contribution in [1.82, 2.24) is 4.31 Å². The van der Waals surface area contributed by atoms with E-state index in [2.05, 4.69) is 15.9 Å².